The zero-order chi connectivity index (χ0) is 30.1. The number of unbranched alkanes of at least 4 members (excludes halogenated alkanes) is 7. The summed E-state index contributed by atoms with van der Waals surface area (Å²) in [7, 11) is 0. The van der Waals surface area contributed by atoms with Gasteiger partial charge in [0.2, 0.25) is 11.8 Å². The lowest BCUT2D eigenvalue weighted by Crippen LogP contribution is -2.55. The third kappa shape index (κ3) is 12.4. The number of hydrogen-bond acceptors (Lipinski definition) is 4. The van der Waals surface area contributed by atoms with E-state index in [1.54, 1.807) is 31.7 Å². The average Bonchev–Trinajstić information content (AvgIpc) is 2.89. The smallest absolute Gasteiger partial charge is 0.408 e. The maximum Gasteiger partial charge on any atom is 0.408 e. The molecule has 0 spiro atoms. The molecule has 3 amide bonds. The SMILES string of the molecule is C#Cc1ccccc1C(C(=O)NCCCCC)N(CCCCCCCC)C(=O)C(NC(=O)OC(C)(C)C)C(C)C. The van der Waals surface area contributed by atoms with Crippen LogP contribution in [0.5, 0.6) is 0 Å². The second-order valence-electron chi connectivity index (χ2n) is 11.8. The van der Waals surface area contributed by atoms with E-state index in [2.05, 4.69) is 30.4 Å². The molecule has 2 N–H and O–H groups in total. The Labute approximate surface area is 243 Å². The van der Waals surface area contributed by atoms with Crippen LogP contribution in [0.3, 0.4) is 0 Å². The van der Waals surface area contributed by atoms with E-state index in [0.29, 0.717) is 24.2 Å². The van der Waals surface area contributed by atoms with Crippen LogP contribution in [0.4, 0.5) is 4.79 Å². The minimum absolute atomic E-state index is 0.233. The van der Waals surface area contributed by atoms with E-state index in [4.69, 9.17) is 11.2 Å². The number of hydrogen-bond donors (Lipinski definition) is 2. The number of rotatable bonds is 17. The Morgan fingerprint density at radius 3 is 2.15 bits per heavy atom. The molecule has 0 aliphatic rings. The Balaban J connectivity index is 3.46. The molecular weight excluding hydrogens is 502 g/mol. The molecule has 2 atom stereocenters. The largest absolute Gasteiger partial charge is 0.444 e. The molecule has 1 rings (SSSR count). The molecule has 2 unspecified atom stereocenters. The highest BCUT2D eigenvalue weighted by molar-refractivity contribution is 5.92. The van der Waals surface area contributed by atoms with Gasteiger partial charge in [-0.15, -0.1) is 6.42 Å². The summed E-state index contributed by atoms with van der Waals surface area (Å²) in [4.78, 5) is 42.4. The number of amides is 3. The van der Waals surface area contributed by atoms with E-state index in [0.717, 1.165) is 51.4 Å². The fraction of sp³-hybridized carbons (Fsp3) is 0.667. The number of alkyl carbamates (subject to hydrolysis) is 1. The van der Waals surface area contributed by atoms with Crippen molar-refractivity contribution >= 4 is 17.9 Å². The molecule has 1 aromatic rings. The first-order valence-electron chi connectivity index (χ1n) is 15.1. The van der Waals surface area contributed by atoms with Gasteiger partial charge in [0.1, 0.15) is 17.7 Å². The lowest BCUT2D eigenvalue weighted by Gasteiger charge is -2.36. The molecule has 7 nitrogen and oxygen atoms in total. The number of benzene rings is 1. The first-order valence-corrected chi connectivity index (χ1v) is 15.1. The van der Waals surface area contributed by atoms with Gasteiger partial charge in [-0.2, -0.15) is 0 Å². The van der Waals surface area contributed by atoms with Gasteiger partial charge in [-0.05, 0) is 51.2 Å². The zero-order valence-electron chi connectivity index (χ0n) is 26.0. The number of nitrogens with one attached hydrogen (secondary N) is 2. The Morgan fingerprint density at radius 1 is 0.950 bits per heavy atom. The van der Waals surface area contributed by atoms with Crippen molar-refractivity contribution in [1.29, 1.82) is 0 Å². The van der Waals surface area contributed by atoms with Crippen molar-refractivity contribution in [3.05, 3.63) is 35.4 Å². The molecule has 0 heterocycles. The predicted octanol–water partition coefficient (Wildman–Crippen LogP) is 6.75. The molecule has 0 aromatic heterocycles. The molecule has 0 aliphatic carbocycles. The molecule has 0 saturated carbocycles. The first kappa shape index (κ1) is 35.0. The fourth-order valence-electron chi connectivity index (χ4n) is 4.56. The predicted molar refractivity (Wildman–Crippen MR) is 163 cm³/mol. The molecule has 1 aromatic carbocycles. The quantitative estimate of drug-likeness (QED) is 0.164. The van der Waals surface area contributed by atoms with Crippen molar-refractivity contribution in [3.8, 4) is 12.3 Å². The van der Waals surface area contributed by atoms with E-state index in [1.165, 1.54) is 6.42 Å². The second-order valence-corrected chi connectivity index (χ2v) is 11.8. The van der Waals surface area contributed by atoms with Crippen molar-refractivity contribution in [1.82, 2.24) is 15.5 Å². The second kappa shape index (κ2) is 18.4. The van der Waals surface area contributed by atoms with E-state index in [-0.39, 0.29) is 17.7 Å². The summed E-state index contributed by atoms with van der Waals surface area (Å²) in [5.74, 6) is 1.87. The van der Waals surface area contributed by atoms with Crippen LogP contribution in [0.2, 0.25) is 0 Å². The van der Waals surface area contributed by atoms with Crippen molar-refractivity contribution in [2.75, 3.05) is 13.1 Å². The topological polar surface area (TPSA) is 87.7 Å². The molecular formula is C33H53N3O4. The maximum absolute atomic E-state index is 14.3. The zero-order valence-corrected chi connectivity index (χ0v) is 26.0. The van der Waals surface area contributed by atoms with Crippen LogP contribution < -0.4 is 10.6 Å². The van der Waals surface area contributed by atoms with Crippen molar-refractivity contribution in [3.63, 3.8) is 0 Å². The fourth-order valence-corrected chi connectivity index (χ4v) is 4.56. The number of terminal acetylenes is 1. The standard InChI is InChI=1S/C33H53N3O4/c1-9-12-14-15-16-20-24-36(31(38)28(25(4)5)35-32(39)40-33(6,7)8)29(30(37)34-23-19-13-10-2)27-22-18-17-21-26(27)11-3/h3,17-18,21-22,25,28-29H,9-10,12-16,19-20,23-24H2,1-2,4-8H3,(H,34,37)(H,35,39). The van der Waals surface area contributed by atoms with E-state index in [9.17, 15) is 14.4 Å². The van der Waals surface area contributed by atoms with Crippen molar-refractivity contribution in [2.24, 2.45) is 5.92 Å². The summed E-state index contributed by atoms with van der Waals surface area (Å²) in [6.07, 6.45) is 14.3. The normalized spacial score (nSPS) is 12.8. The average molecular weight is 556 g/mol. The molecule has 0 fully saturated rings. The van der Waals surface area contributed by atoms with Crippen LogP contribution in [0.15, 0.2) is 24.3 Å². The van der Waals surface area contributed by atoms with Crippen LogP contribution in [0, 0.1) is 18.3 Å². The molecule has 0 bridgehead atoms. The van der Waals surface area contributed by atoms with Gasteiger partial charge in [0.15, 0.2) is 0 Å². The van der Waals surface area contributed by atoms with E-state index in [1.807, 2.05) is 32.0 Å². The molecule has 0 saturated heterocycles. The third-order valence-electron chi connectivity index (χ3n) is 6.69. The molecule has 0 radical (unpaired) electrons. The Bertz CT molecular complexity index is 961. The number of carbonyl (C=O) groups excluding carboxylic acids is 3. The Hall–Kier alpha value is -3.01. The summed E-state index contributed by atoms with van der Waals surface area (Å²) in [6.45, 7) is 14.3. The molecule has 40 heavy (non-hydrogen) atoms. The van der Waals surface area contributed by atoms with Crippen molar-refractivity contribution in [2.45, 2.75) is 124 Å². The Kier molecular flexibility index (Phi) is 16.1. The molecule has 0 aliphatic heterocycles. The molecule has 224 valence electrons. The maximum atomic E-state index is 14.3. The monoisotopic (exact) mass is 555 g/mol. The van der Waals surface area contributed by atoms with Crippen LogP contribution in [0.25, 0.3) is 0 Å². The Morgan fingerprint density at radius 2 is 1.55 bits per heavy atom. The third-order valence-corrected chi connectivity index (χ3v) is 6.69. The van der Waals surface area contributed by atoms with Gasteiger partial charge in [0, 0.05) is 18.7 Å². The first-order chi connectivity index (χ1) is 19.0. The highest BCUT2D eigenvalue weighted by Gasteiger charge is 2.38. The van der Waals surface area contributed by atoms with Gasteiger partial charge in [0.25, 0.3) is 0 Å². The molecule has 7 heteroatoms. The lowest BCUT2D eigenvalue weighted by atomic mass is 9.95. The van der Waals surface area contributed by atoms with Gasteiger partial charge in [-0.1, -0.05) is 96.8 Å². The van der Waals surface area contributed by atoms with Crippen LogP contribution in [0.1, 0.15) is 123 Å². The summed E-state index contributed by atoms with van der Waals surface area (Å²) < 4.78 is 5.46. The lowest BCUT2D eigenvalue weighted by molar-refractivity contribution is -0.143. The number of nitrogens with zero attached hydrogens (tertiary/aromatic N) is 1. The van der Waals surface area contributed by atoms with Crippen LogP contribution in [-0.4, -0.2) is 47.5 Å². The van der Waals surface area contributed by atoms with Gasteiger partial charge < -0.3 is 20.3 Å². The van der Waals surface area contributed by atoms with Gasteiger partial charge in [-0.3, -0.25) is 9.59 Å². The minimum Gasteiger partial charge on any atom is -0.444 e. The van der Waals surface area contributed by atoms with Crippen molar-refractivity contribution < 1.29 is 19.1 Å². The minimum atomic E-state index is -0.918. The number of ether oxygens (including phenoxy) is 1. The highest BCUT2D eigenvalue weighted by atomic mass is 16.6. The van der Waals surface area contributed by atoms with E-state index < -0.39 is 23.8 Å². The van der Waals surface area contributed by atoms with Gasteiger partial charge in [0.05, 0.1) is 0 Å². The van der Waals surface area contributed by atoms with Gasteiger partial charge >= 0.3 is 6.09 Å². The summed E-state index contributed by atoms with van der Waals surface area (Å²) in [5, 5.41) is 5.83. The van der Waals surface area contributed by atoms with Crippen LogP contribution in [-0.2, 0) is 14.3 Å². The number of carbonyl (C=O) groups is 3. The van der Waals surface area contributed by atoms with Gasteiger partial charge in [-0.25, -0.2) is 4.79 Å². The highest BCUT2D eigenvalue weighted by Crippen LogP contribution is 2.27. The summed E-state index contributed by atoms with van der Waals surface area (Å²) in [5.41, 5.74) is 0.467. The summed E-state index contributed by atoms with van der Waals surface area (Å²) >= 11 is 0. The summed E-state index contributed by atoms with van der Waals surface area (Å²) in [6, 6.07) is 5.48. The van der Waals surface area contributed by atoms with Crippen LogP contribution >= 0.6 is 0 Å². The van der Waals surface area contributed by atoms with E-state index >= 15 is 0 Å².